The maximum absolute atomic E-state index is 2.86. The Morgan fingerprint density at radius 2 is 0.892 bits per heavy atom. The van der Waals surface area contributed by atoms with E-state index in [2.05, 4.69) is 69.2 Å². The van der Waals surface area contributed by atoms with Gasteiger partial charge in [-0.15, -0.1) is 0 Å². The van der Waals surface area contributed by atoms with E-state index < -0.39 is 0 Å². The number of rotatable bonds is 0. The van der Waals surface area contributed by atoms with Crippen LogP contribution in [-0.4, -0.2) is 0 Å². The minimum atomic E-state index is 0.459. The lowest BCUT2D eigenvalue weighted by atomic mass is 9.30. The number of hydrogen-bond donors (Lipinski definition) is 0. The summed E-state index contributed by atoms with van der Waals surface area (Å²) in [6, 6.07) is 0. The summed E-state index contributed by atoms with van der Waals surface area (Å²) in [5.74, 6) is 10.4. The van der Waals surface area contributed by atoms with Gasteiger partial charge in [-0.2, -0.15) is 0 Å². The van der Waals surface area contributed by atoms with E-state index in [-0.39, 0.29) is 0 Å². The molecule has 15 atom stereocenters. The van der Waals surface area contributed by atoms with Gasteiger partial charge in [0.15, 0.2) is 0 Å². The first-order valence-electron chi connectivity index (χ1n) is 17.4. The molecule has 0 aliphatic heterocycles. The lowest BCUT2D eigenvalue weighted by molar-refractivity contribution is -0.267. The van der Waals surface area contributed by atoms with Crippen LogP contribution in [0.25, 0.3) is 0 Å². The Bertz CT molecular complexity index is 792. The Balaban J connectivity index is 1.76. The first-order chi connectivity index (χ1) is 17.4. The van der Waals surface area contributed by atoms with Crippen LogP contribution in [0.2, 0.25) is 0 Å². The van der Waals surface area contributed by atoms with Gasteiger partial charge in [0.1, 0.15) is 0 Å². The van der Waals surface area contributed by atoms with Crippen LogP contribution >= 0.6 is 0 Å². The van der Waals surface area contributed by atoms with Crippen LogP contribution in [0.1, 0.15) is 146 Å². The minimum absolute atomic E-state index is 0.459. The monoisotopic (exact) mass is 511 g/mol. The van der Waals surface area contributed by atoms with Crippen molar-refractivity contribution in [3.63, 3.8) is 0 Å². The van der Waals surface area contributed by atoms with Gasteiger partial charge < -0.3 is 0 Å². The molecule has 0 heterocycles. The quantitative estimate of drug-likeness (QED) is 0.304. The lowest BCUT2D eigenvalue weighted by Gasteiger charge is -2.74. The van der Waals surface area contributed by atoms with Crippen LogP contribution in [0.5, 0.6) is 0 Å². The van der Waals surface area contributed by atoms with Gasteiger partial charge in [0.25, 0.3) is 0 Å². The Morgan fingerprint density at radius 3 is 1.51 bits per heavy atom. The molecule has 5 aliphatic carbocycles. The largest absolute Gasteiger partial charge is 0.0620 e. The molecule has 0 amide bonds. The van der Waals surface area contributed by atoms with E-state index in [9.17, 15) is 0 Å². The van der Waals surface area contributed by atoms with Crippen molar-refractivity contribution in [3.8, 4) is 0 Å². The van der Waals surface area contributed by atoms with E-state index in [1.165, 1.54) is 51.4 Å². The zero-order valence-corrected chi connectivity index (χ0v) is 26.9. The SMILES string of the molecule is CC1C(C)C2(C)C3CCCCC(CC3)C3CCCCCC(C3)C3(C)C(C)C(C)C(C)C(C1C)(C2C)C3C. The van der Waals surface area contributed by atoms with Crippen molar-refractivity contribution < 1.29 is 0 Å². The molecule has 0 saturated heterocycles. The summed E-state index contributed by atoms with van der Waals surface area (Å²) in [5, 5.41) is 0. The van der Waals surface area contributed by atoms with E-state index in [1.807, 2.05) is 0 Å². The Hall–Kier alpha value is 0. The average Bonchev–Trinajstić information content (AvgIpc) is 2.84. The predicted molar refractivity (Wildman–Crippen MR) is 161 cm³/mol. The fraction of sp³-hybridized carbons (Fsp3) is 1.00. The van der Waals surface area contributed by atoms with Crippen LogP contribution in [0.4, 0.5) is 0 Å². The van der Waals surface area contributed by atoms with Crippen molar-refractivity contribution >= 4 is 0 Å². The minimum Gasteiger partial charge on any atom is -0.0620 e. The summed E-state index contributed by atoms with van der Waals surface area (Å²) in [5.41, 5.74) is 1.40. The summed E-state index contributed by atoms with van der Waals surface area (Å²) in [6.07, 6.45) is 18.2. The van der Waals surface area contributed by atoms with Crippen LogP contribution in [-0.2, 0) is 0 Å². The zero-order valence-electron chi connectivity index (χ0n) is 26.9. The molecule has 0 aromatic carbocycles. The normalized spacial score (nSPS) is 59.2. The Kier molecular flexibility index (Phi) is 7.81. The first kappa shape index (κ1) is 28.5. The second-order valence-corrected chi connectivity index (χ2v) is 16.7. The maximum atomic E-state index is 2.86. The molecule has 214 valence electrons. The van der Waals surface area contributed by atoms with E-state index in [0.717, 1.165) is 71.0 Å². The van der Waals surface area contributed by atoms with Crippen molar-refractivity contribution in [1.82, 2.24) is 0 Å². The summed E-state index contributed by atoms with van der Waals surface area (Å²) in [4.78, 5) is 0. The smallest absolute Gasteiger partial charge is 0.0179 e. The third kappa shape index (κ3) is 3.85. The third-order valence-electron chi connectivity index (χ3n) is 17.0. The van der Waals surface area contributed by atoms with Crippen molar-refractivity contribution in [3.05, 3.63) is 0 Å². The highest BCUT2D eigenvalue weighted by Crippen LogP contribution is 2.75. The fourth-order valence-electron chi connectivity index (χ4n) is 13.8. The molecular weight excluding hydrogens is 444 g/mol. The van der Waals surface area contributed by atoms with Gasteiger partial charge in [-0.3, -0.25) is 0 Å². The summed E-state index contributed by atoms with van der Waals surface area (Å²) < 4.78 is 0. The van der Waals surface area contributed by atoms with Crippen molar-refractivity contribution in [1.29, 1.82) is 0 Å². The van der Waals surface area contributed by atoms with Gasteiger partial charge in [-0.05, 0) is 119 Å². The molecule has 0 nitrogen and oxygen atoms in total. The second kappa shape index (κ2) is 10.1. The van der Waals surface area contributed by atoms with Crippen molar-refractivity contribution in [2.45, 2.75) is 146 Å². The molecule has 0 heteroatoms. The molecule has 37 heavy (non-hydrogen) atoms. The summed E-state index contributed by atoms with van der Waals surface area (Å²) in [7, 11) is 0. The fourth-order valence-corrected chi connectivity index (χ4v) is 13.8. The van der Waals surface area contributed by atoms with Crippen LogP contribution in [0.15, 0.2) is 0 Å². The van der Waals surface area contributed by atoms with Gasteiger partial charge in [-0.25, -0.2) is 0 Å². The van der Waals surface area contributed by atoms with Crippen LogP contribution in [0, 0.1) is 87.3 Å². The zero-order chi connectivity index (χ0) is 26.9. The molecule has 5 rings (SSSR count). The molecule has 0 aromatic rings. The average molecular weight is 511 g/mol. The summed E-state index contributed by atoms with van der Waals surface area (Å²) >= 11 is 0. The maximum Gasteiger partial charge on any atom is -0.0179 e. The first-order valence-corrected chi connectivity index (χ1v) is 17.4. The molecule has 5 aliphatic rings. The standard InChI is InChI=1S/C37H66/c1-23-25(3)35(9)29(7)37(27(23)5)28(6)24(2)26(4)36(10,30(37)8)34-19-13-11-12-17-32(22-34)31-16-14-15-18-33(35)21-20-31/h23-34H,11-22H2,1-10H3. The third-order valence-corrected chi connectivity index (χ3v) is 17.0. The van der Waals surface area contributed by atoms with E-state index in [4.69, 9.17) is 0 Å². The predicted octanol–water partition coefficient (Wildman–Crippen LogP) is 11.3. The highest BCUT2D eigenvalue weighted by Gasteiger charge is 2.70. The van der Waals surface area contributed by atoms with Gasteiger partial charge in [-0.1, -0.05) is 114 Å². The molecule has 0 aromatic heterocycles. The highest BCUT2D eigenvalue weighted by molar-refractivity contribution is 5.17. The van der Waals surface area contributed by atoms with Crippen LogP contribution < -0.4 is 0 Å². The molecule has 7 bridgehead atoms. The van der Waals surface area contributed by atoms with Gasteiger partial charge >= 0.3 is 0 Å². The van der Waals surface area contributed by atoms with Crippen molar-refractivity contribution in [2.24, 2.45) is 87.3 Å². The van der Waals surface area contributed by atoms with E-state index in [1.54, 1.807) is 25.7 Å². The van der Waals surface area contributed by atoms with E-state index >= 15 is 0 Å². The molecule has 15 unspecified atom stereocenters. The Labute approximate surface area is 233 Å². The molecule has 0 N–H and O–H groups in total. The lowest BCUT2D eigenvalue weighted by Crippen LogP contribution is -2.69. The van der Waals surface area contributed by atoms with E-state index in [0.29, 0.717) is 16.2 Å². The van der Waals surface area contributed by atoms with Gasteiger partial charge in [0.05, 0.1) is 0 Å². The van der Waals surface area contributed by atoms with Crippen molar-refractivity contribution in [2.75, 3.05) is 0 Å². The number of hydrogen-bond acceptors (Lipinski definition) is 0. The topological polar surface area (TPSA) is 0 Å². The molecule has 1 spiro atoms. The molecule has 0 radical (unpaired) electrons. The van der Waals surface area contributed by atoms with Gasteiger partial charge in [0, 0.05) is 0 Å². The second-order valence-electron chi connectivity index (χ2n) is 16.7. The van der Waals surface area contributed by atoms with Crippen LogP contribution in [0.3, 0.4) is 0 Å². The number of fused-ring (bicyclic) bond motifs is 10. The molecule has 5 saturated carbocycles. The highest BCUT2D eigenvalue weighted by atomic mass is 14.7. The van der Waals surface area contributed by atoms with Gasteiger partial charge in [0.2, 0.25) is 0 Å². The molecule has 5 fully saturated rings. The molecular formula is C37H66. The Morgan fingerprint density at radius 1 is 0.432 bits per heavy atom. The summed E-state index contributed by atoms with van der Waals surface area (Å²) in [6.45, 7) is 27.7.